The Balaban J connectivity index is 1.97. The average Bonchev–Trinajstić information content (AvgIpc) is 2.73. The lowest BCUT2D eigenvalue weighted by molar-refractivity contribution is 0.479. The SMILES string of the molecule is Cc1cnc(CNc2ccc(C(N)=S)nc2)o1. The van der Waals surface area contributed by atoms with Crippen LogP contribution in [0.5, 0.6) is 0 Å². The van der Waals surface area contributed by atoms with Crippen LogP contribution in [0.15, 0.2) is 28.9 Å². The van der Waals surface area contributed by atoms with Crippen LogP contribution in [0.25, 0.3) is 0 Å². The van der Waals surface area contributed by atoms with Crippen molar-refractivity contribution in [3.05, 3.63) is 41.9 Å². The third kappa shape index (κ3) is 3.01. The van der Waals surface area contributed by atoms with Crippen molar-refractivity contribution in [1.82, 2.24) is 9.97 Å². The van der Waals surface area contributed by atoms with Crippen LogP contribution in [0, 0.1) is 6.92 Å². The maximum absolute atomic E-state index is 5.46. The Bertz CT molecular complexity index is 521. The normalized spacial score (nSPS) is 10.2. The van der Waals surface area contributed by atoms with Crippen molar-refractivity contribution in [2.24, 2.45) is 5.73 Å². The van der Waals surface area contributed by atoms with E-state index in [2.05, 4.69) is 15.3 Å². The first-order valence-corrected chi connectivity index (χ1v) is 5.47. The number of nitrogens with two attached hydrogens (primary N) is 1. The van der Waals surface area contributed by atoms with Crippen molar-refractivity contribution in [3.8, 4) is 0 Å². The highest BCUT2D eigenvalue weighted by atomic mass is 32.1. The number of hydrogen-bond donors (Lipinski definition) is 2. The van der Waals surface area contributed by atoms with Gasteiger partial charge in [0.1, 0.15) is 10.7 Å². The lowest BCUT2D eigenvalue weighted by atomic mass is 10.3. The Kier molecular flexibility index (Phi) is 3.34. The van der Waals surface area contributed by atoms with Gasteiger partial charge in [-0.25, -0.2) is 4.98 Å². The first kappa shape index (κ1) is 11.5. The van der Waals surface area contributed by atoms with E-state index in [1.54, 1.807) is 18.5 Å². The minimum absolute atomic E-state index is 0.292. The van der Waals surface area contributed by atoms with Gasteiger partial charge in [-0.2, -0.15) is 0 Å². The van der Waals surface area contributed by atoms with Crippen LogP contribution < -0.4 is 11.1 Å². The first-order valence-electron chi connectivity index (χ1n) is 5.06. The fourth-order valence-corrected chi connectivity index (χ4v) is 1.43. The van der Waals surface area contributed by atoms with Crippen molar-refractivity contribution in [1.29, 1.82) is 0 Å². The Morgan fingerprint density at radius 2 is 2.24 bits per heavy atom. The second kappa shape index (κ2) is 4.92. The smallest absolute Gasteiger partial charge is 0.213 e. The molecule has 2 aromatic rings. The van der Waals surface area contributed by atoms with Gasteiger partial charge in [0.25, 0.3) is 0 Å². The largest absolute Gasteiger partial charge is 0.444 e. The molecule has 17 heavy (non-hydrogen) atoms. The van der Waals surface area contributed by atoms with Gasteiger partial charge < -0.3 is 15.5 Å². The van der Waals surface area contributed by atoms with Crippen molar-refractivity contribution >= 4 is 22.9 Å². The van der Waals surface area contributed by atoms with Crippen LogP contribution in [0.4, 0.5) is 5.69 Å². The van der Waals surface area contributed by atoms with E-state index in [1.807, 2.05) is 13.0 Å². The highest BCUT2D eigenvalue weighted by Crippen LogP contribution is 2.09. The summed E-state index contributed by atoms with van der Waals surface area (Å²) in [6.45, 7) is 2.37. The molecule has 0 saturated heterocycles. The van der Waals surface area contributed by atoms with E-state index in [1.165, 1.54) is 0 Å². The number of hydrogen-bond acceptors (Lipinski definition) is 5. The van der Waals surface area contributed by atoms with E-state index in [0.717, 1.165) is 11.4 Å². The third-order valence-electron chi connectivity index (χ3n) is 2.13. The minimum atomic E-state index is 0.292. The summed E-state index contributed by atoms with van der Waals surface area (Å²) >= 11 is 4.82. The van der Waals surface area contributed by atoms with E-state index < -0.39 is 0 Å². The van der Waals surface area contributed by atoms with Crippen LogP contribution in [0.2, 0.25) is 0 Å². The summed E-state index contributed by atoms with van der Waals surface area (Å²) in [5.41, 5.74) is 6.93. The van der Waals surface area contributed by atoms with E-state index in [4.69, 9.17) is 22.4 Å². The fraction of sp³-hybridized carbons (Fsp3) is 0.182. The van der Waals surface area contributed by atoms with Crippen LogP contribution in [-0.4, -0.2) is 15.0 Å². The fourth-order valence-electron chi connectivity index (χ4n) is 1.31. The maximum atomic E-state index is 5.46. The zero-order valence-electron chi connectivity index (χ0n) is 9.30. The van der Waals surface area contributed by atoms with Gasteiger partial charge in [0.05, 0.1) is 30.3 Å². The molecule has 0 radical (unpaired) electrons. The van der Waals surface area contributed by atoms with Gasteiger partial charge in [-0.15, -0.1) is 0 Å². The monoisotopic (exact) mass is 248 g/mol. The number of nitrogens with one attached hydrogen (secondary N) is 1. The summed E-state index contributed by atoms with van der Waals surface area (Å²) in [4.78, 5) is 8.49. The van der Waals surface area contributed by atoms with Crippen LogP contribution >= 0.6 is 12.2 Å². The Morgan fingerprint density at radius 1 is 1.41 bits per heavy atom. The van der Waals surface area contributed by atoms with Gasteiger partial charge in [-0.3, -0.25) is 4.98 Å². The van der Waals surface area contributed by atoms with E-state index >= 15 is 0 Å². The quantitative estimate of drug-likeness (QED) is 0.801. The highest BCUT2D eigenvalue weighted by Gasteiger charge is 2.01. The van der Waals surface area contributed by atoms with Gasteiger partial charge in [0.2, 0.25) is 5.89 Å². The Morgan fingerprint density at radius 3 is 2.76 bits per heavy atom. The van der Waals surface area contributed by atoms with Crippen LogP contribution in [0.3, 0.4) is 0 Å². The van der Waals surface area contributed by atoms with Crippen LogP contribution in [0.1, 0.15) is 17.3 Å². The number of oxazole rings is 1. The minimum Gasteiger partial charge on any atom is -0.444 e. The summed E-state index contributed by atoms with van der Waals surface area (Å²) in [5, 5.41) is 3.14. The number of pyridine rings is 1. The van der Waals surface area contributed by atoms with Crippen molar-refractivity contribution in [2.45, 2.75) is 13.5 Å². The summed E-state index contributed by atoms with van der Waals surface area (Å²) < 4.78 is 5.33. The molecule has 2 heterocycles. The molecule has 0 unspecified atom stereocenters. The third-order valence-corrected chi connectivity index (χ3v) is 2.34. The van der Waals surface area contributed by atoms with E-state index in [9.17, 15) is 0 Å². The number of anilines is 1. The molecule has 88 valence electrons. The molecular weight excluding hydrogens is 236 g/mol. The molecule has 0 bridgehead atoms. The number of rotatable bonds is 4. The van der Waals surface area contributed by atoms with Gasteiger partial charge in [-0.05, 0) is 19.1 Å². The van der Waals surface area contributed by atoms with Crippen molar-refractivity contribution in [2.75, 3.05) is 5.32 Å². The molecule has 0 aliphatic carbocycles. The molecule has 0 fully saturated rings. The molecule has 0 saturated carbocycles. The molecule has 0 spiro atoms. The molecule has 0 aromatic carbocycles. The van der Waals surface area contributed by atoms with Gasteiger partial charge in [0, 0.05) is 0 Å². The highest BCUT2D eigenvalue weighted by molar-refractivity contribution is 7.80. The molecule has 0 aliphatic heterocycles. The van der Waals surface area contributed by atoms with E-state index in [-0.39, 0.29) is 0 Å². The summed E-state index contributed by atoms with van der Waals surface area (Å²) in [5.74, 6) is 1.43. The molecule has 0 amide bonds. The van der Waals surface area contributed by atoms with Gasteiger partial charge in [-0.1, -0.05) is 12.2 Å². The molecule has 3 N–H and O–H groups in total. The summed E-state index contributed by atoms with van der Waals surface area (Å²) in [6.07, 6.45) is 3.36. The van der Waals surface area contributed by atoms with Gasteiger partial charge >= 0.3 is 0 Å². The van der Waals surface area contributed by atoms with Gasteiger partial charge in [0.15, 0.2) is 0 Å². The standard InChI is InChI=1S/C11H12N4OS/c1-7-4-15-10(16-7)6-13-8-2-3-9(11(12)17)14-5-8/h2-5,13H,6H2,1H3,(H2,12,17). The predicted octanol–water partition coefficient (Wildman–Crippen LogP) is 1.62. The topological polar surface area (TPSA) is 77.0 Å². The first-order chi connectivity index (χ1) is 8.15. The number of aromatic nitrogens is 2. The Hall–Kier alpha value is -1.95. The number of aryl methyl sites for hydroxylation is 1. The molecule has 2 rings (SSSR count). The number of thiocarbonyl (C=S) groups is 1. The second-order valence-electron chi connectivity index (χ2n) is 3.51. The molecular formula is C11H12N4OS. The molecule has 2 aromatic heterocycles. The maximum Gasteiger partial charge on any atom is 0.213 e. The average molecular weight is 248 g/mol. The molecule has 0 aliphatic rings. The van der Waals surface area contributed by atoms with E-state index in [0.29, 0.717) is 23.1 Å². The number of nitrogens with zero attached hydrogens (tertiary/aromatic N) is 2. The van der Waals surface area contributed by atoms with Crippen molar-refractivity contribution < 1.29 is 4.42 Å². The lowest BCUT2D eigenvalue weighted by Crippen LogP contribution is -2.11. The van der Waals surface area contributed by atoms with Crippen molar-refractivity contribution in [3.63, 3.8) is 0 Å². The lowest BCUT2D eigenvalue weighted by Gasteiger charge is -2.04. The summed E-state index contributed by atoms with van der Waals surface area (Å²) in [7, 11) is 0. The Labute approximate surface area is 104 Å². The summed E-state index contributed by atoms with van der Waals surface area (Å²) in [6, 6.07) is 3.63. The molecule has 6 heteroatoms. The van der Waals surface area contributed by atoms with Crippen LogP contribution in [-0.2, 0) is 6.54 Å². The zero-order valence-corrected chi connectivity index (χ0v) is 10.1. The predicted molar refractivity (Wildman–Crippen MR) is 68.7 cm³/mol. The second-order valence-corrected chi connectivity index (χ2v) is 3.95. The molecule has 5 nitrogen and oxygen atoms in total. The zero-order chi connectivity index (χ0) is 12.3. The molecule has 0 atom stereocenters.